The van der Waals surface area contributed by atoms with Crippen LogP contribution in [0.1, 0.15) is 49.6 Å². The van der Waals surface area contributed by atoms with Crippen LogP contribution in [0.2, 0.25) is 0 Å². The van der Waals surface area contributed by atoms with Crippen molar-refractivity contribution in [3.05, 3.63) is 23.9 Å². The second-order valence-corrected chi connectivity index (χ2v) is 7.46. The fourth-order valence-electron chi connectivity index (χ4n) is 4.05. The number of carbonyl (C=O) groups excluding carboxylic acids is 1. The monoisotopic (exact) mass is 358 g/mol. The highest BCUT2D eigenvalue weighted by atomic mass is 16.5. The molecule has 2 aromatic rings. The van der Waals surface area contributed by atoms with Gasteiger partial charge in [0.2, 0.25) is 0 Å². The van der Waals surface area contributed by atoms with Crippen molar-refractivity contribution in [2.45, 2.75) is 57.3 Å². The van der Waals surface area contributed by atoms with Gasteiger partial charge in [-0.25, -0.2) is 0 Å². The van der Waals surface area contributed by atoms with E-state index in [1.54, 1.807) is 12.1 Å². The second-order valence-electron chi connectivity index (χ2n) is 7.46. The van der Waals surface area contributed by atoms with Crippen LogP contribution in [0.4, 0.5) is 0 Å². The number of amides is 1. The Morgan fingerprint density at radius 2 is 2.15 bits per heavy atom. The molecule has 7 nitrogen and oxygen atoms in total. The number of piperidine rings is 1. The molecule has 0 radical (unpaired) electrons. The number of phenols is 1. The first-order valence-corrected chi connectivity index (χ1v) is 9.41. The Balaban J connectivity index is 1.62. The van der Waals surface area contributed by atoms with Gasteiger partial charge < -0.3 is 20.5 Å². The standard InChI is InChI=1S/C19H26N4O3/c1-3-11(2)23-15-5-4-6-16(24)17(15)18(22-23)19(25)21-12-7-13-9-26-10-14(8-12)20-13/h4-6,11-14,20,24H,3,7-10H2,1-2H3,(H,21,25)/t11-,12?,13?,14?/m0/s1. The summed E-state index contributed by atoms with van der Waals surface area (Å²) in [7, 11) is 0. The predicted octanol–water partition coefficient (Wildman–Crippen LogP) is 1.96. The van der Waals surface area contributed by atoms with Crippen LogP contribution in [-0.2, 0) is 4.74 Å². The lowest BCUT2D eigenvalue weighted by atomic mass is 9.92. The van der Waals surface area contributed by atoms with E-state index in [4.69, 9.17) is 4.74 Å². The van der Waals surface area contributed by atoms with Crippen molar-refractivity contribution >= 4 is 16.8 Å². The third-order valence-electron chi connectivity index (χ3n) is 5.52. The minimum absolute atomic E-state index is 0.0947. The van der Waals surface area contributed by atoms with Crippen LogP contribution in [0.5, 0.6) is 5.75 Å². The first kappa shape index (κ1) is 17.3. The molecule has 4 rings (SSSR count). The first-order valence-electron chi connectivity index (χ1n) is 9.41. The topological polar surface area (TPSA) is 88.4 Å². The fourth-order valence-corrected chi connectivity index (χ4v) is 4.05. The average Bonchev–Trinajstić information content (AvgIpc) is 3.02. The summed E-state index contributed by atoms with van der Waals surface area (Å²) in [6, 6.07) is 6.11. The minimum Gasteiger partial charge on any atom is -0.507 e. The lowest BCUT2D eigenvalue weighted by molar-refractivity contribution is 0.0148. The van der Waals surface area contributed by atoms with Gasteiger partial charge in [0.25, 0.3) is 5.91 Å². The number of benzene rings is 1. The Morgan fingerprint density at radius 3 is 2.85 bits per heavy atom. The molecule has 2 aliphatic rings. The zero-order chi connectivity index (χ0) is 18.3. The third kappa shape index (κ3) is 3.05. The van der Waals surface area contributed by atoms with Crippen molar-refractivity contribution in [1.29, 1.82) is 0 Å². The summed E-state index contributed by atoms with van der Waals surface area (Å²) in [5.74, 6) is -0.123. The Morgan fingerprint density at radius 1 is 1.42 bits per heavy atom. The van der Waals surface area contributed by atoms with Crippen LogP contribution < -0.4 is 10.6 Å². The van der Waals surface area contributed by atoms with Gasteiger partial charge in [-0.2, -0.15) is 5.10 Å². The molecule has 140 valence electrons. The summed E-state index contributed by atoms with van der Waals surface area (Å²) in [5.41, 5.74) is 1.10. The molecular weight excluding hydrogens is 332 g/mol. The van der Waals surface area contributed by atoms with Crippen molar-refractivity contribution in [2.75, 3.05) is 13.2 Å². The van der Waals surface area contributed by atoms with Gasteiger partial charge in [0.05, 0.1) is 24.1 Å². The Hall–Kier alpha value is -2.12. The quantitative estimate of drug-likeness (QED) is 0.778. The number of phenolic OH excluding ortho intramolecular Hbond substituents is 1. The van der Waals surface area contributed by atoms with Gasteiger partial charge in [-0.3, -0.25) is 9.48 Å². The number of nitrogens with zero attached hydrogens (tertiary/aromatic N) is 2. The molecule has 2 bridgehead atoms. The summed E-state index contributed by atoms with van der Waals surface area (Å²) in [5, 5.41) is 22.1. The molecule has 7 heteroatoms. The molecule has 3 atom stereocenters. The summed E-state index contributed by atoms with van der Waals surface area (Å²) in [6.07, 6.45) is 2.58. The predicted molar refractivity (Wildman–Crippen MR) is 98.4 cm³/mol. The SMILES string of the molecule is CC[C@H](C)n1nc(C(=O)NC2CC3COCC(C2)N3)c2c(O)cccc21. The molecule has 3 N–H and O–H groups in total. The maximum Gasteiger partial charge on any atom is 0.272 e. The molecule has 0 aliphatic carbocycles. The van der Waals surface area contributed by atoms with Crippen molar-refractivity contribution in [3.8, 4) is 5.75 Å². The lowest BCUT2D eigenvalue weighted by Crippen LogP contribution is -2.58. The minimum atomic E-state index is -0.218. The molecular formula is C19H26N4O3. The molecule has 1 aromatic heterocycles. The number of rotatable bonds is 4. The number of carbonyl (C=O) groups is 1. The van der Waals surface area contributed by atoms with E-state index in [9.17, 15) is 9.90 Å². The molecule has 2 aliphatic heterocycles. The van der Waals surface area contributed by atoms with Crippen LogP contribution in [0.15, 0.2) is 18.2 Å². The number of hydrogen-bond acceptors (Lipinski definition) is 5. The van der Waals surface area contributed by atoms with E-state index in [2.05, 4.69) is 29.6 Å². The highest BCUT2D eigenvalue weighted by molar-refractivity contribution is 6.07. The number of aromatic nitrogens is 2. The fraction of sp³-hybridized carbons (Fsp3) is 0.579. The van der Waals surface area contributed by atoms with Crippen molar-refractivity contribution in [3.63, 3.8) is 0 Å². The highest BCUT2D eigenvalue weighted by Crippen LogP contribution is 2.30. The van der Waals surface area contributed by atoms with E-state index in [0.29, 0.717) is 24.3 Å². The normalized spacial score (nSPS) is 26.6. The Labute approximate surface area is 152 Å². The van der Waals surface area contributed by atoms with E-state index in [0.717, 1.165) is 24.8 Å². The van der Waals surface area contributed by atoms with E-state index in [-0.39, 0.29) is 35.8 Å². The number of aromatic hydroxyl groups is 1. The van der Waals surface area contributed by atoms with Gasteiger partial charge in [-0.1, -0.05) is 13.0 Å². The van der Waals surface area contributed by atoms with Crippen LogP contribution in [0, 0.1) is 0 Å². The summed E-state index contributed by atoms with van der Waals surface area (Å²) < 4.78 is 7.41. The molecule has 3 heterocycles. The van der Waals surface area contributed by atoms with Crippen molar-refractivity contribution < 1.29 is 14.6 Å². The number of fused-ring (bicyclic) bond motifs is 3. The average molecular weight is 358 g/mol. The van der Waals surface area contributed by atoms with Crippen LogP contribution >= 0.6 is 0 Å². The van der Waals surface area contributed by atoms with Crippen molar-refractivity contribution in [2.24, 2.45) is 0 Å². The molecule has 26 heavy (non-hydrogen) atoms. The van der Waals surface area contributed by atoms with Crippen LogP contribution in [-0.4, -0.2) is 52.1 Å². The molecule has 0 saturated carbocycles. The van der Waals surface area contributed by atoms with E-state index in [1.807, 2.05) is 10.7 Å². The van der Waals surface area contributed by atoms with E-state index in [1.165, 1.54) is 0 Å². The molecule has 2 saturated heterocycles. The van der Waals surface area contributed by atoms with Gasteiger partial charge in [0.1, 0.15) is 5.75 Å². The molecule has 1 aromatic carbocycles. The number of hydrogen-bond donors (Lipinski definition) is 3. The number of nitrogens with one attached hydrogen (secondary N) is 2. The molecule has 0 spiro atoms. The Kier molecular flexibility index (Phi) is 4.58. The van der Waals surface area contributed by atoms with E-state index < -0.39 is 0 Å². The van der Waals surface area contributed by atoms with Gasteiger partial charge in [0.15, 0.2) is 5.69 Å². The lowest BCUT2D eigenvalue weighted by Gasteiger charge is -2.40. The molecule has 2 unspecified atom stereocenters. The van der Waals surface area contributed by atoms with Gasteiger partial charge in [0, 0.05) is 24.2 Å². The van der Waals surface area contributed by atoms with E-state index >= 15 is 0 Å². The highest BCUT2D eigenvalue weighted by Gasteiger charge is 2.33. The summed E-state index contributed by atoms with van der Waals surface area (Å²) in [4.78, 5) is 13.0. The summed E-state index contributed by atoms with van der Waals surface area (Å²) in [6.45, 7) is 5.52. The molecule has 1 amide bonds. The van der Waals surface area contributed by atoms with Gasteiger partial charge in [-0.05, 0) is 38.3 Å². The van der Waals surface area contributed by atoms with Crippen LogP contribution in [0.25, 0.3) is 10.9 Å². The molecule has 2 fully saturated rings. The largest absolute Gasteiger partial charge is 0.507 e. The number of ether oxygens (including phenoxy) is 1. The van der Waals surface area contributed by atoms with Gasteiger partial charge in [-0.15, -0.1) is 0 Å². The smallest absolute Gasteiger partial charge is 0.272 e. The zero-order valence-electron chi connectivity index (χ0n) is 15.2. The van der Waals surface area contributed by atoms with Crippen LogP contribution in [0.3, 0.4) is 0 Å². The first-order chi connectivity index (χ1) is 12.6. The summed E-state index contributed by atoms with van der Waals surface area (Å²) >= 11 is 0. The second kappa shape index (κ2) is 6.89. The zero-order valence-corrected chi connectivity index (χ0v) is 15.2. The number of morpholine rings is 1. The maximum atomic E-state index is 13.0. The van der Waals surface area contributed by atoms with Gasteiger partial charge >= 0.3 is 0 Å². The Bertz CT molecular complexity index is 806. The van der Waals surface area contributed by atoms with Crippen molar-refractivity contribution in [1.82, 2.24) is 20.4 Å². The maximum absolute atomic E-state index is 13.0. The third-order valence-corrected chi connectivity index (χ3v) is 5.52.